The molecule has 0 radical (unpaired) electrons. The van der Waals surface area contributed by atoms with Gasteiger partial charge in [0.15, 0.2) is 0 Å². The molecule has 0 bridgehead atoms. The van der Waals surface area contributed by atoms with Crippen molar-refractivity contribution < 1.29 is 47.4 Å². The third-order valence-corrected chi connectivity index (χ3v) is 0.894. The van der Waals surface area contributed by atoms with Crippen LogP contribution in [-0.4, -0.2) is 14.2 Å². The quantitative estimate of drug-likeness (QED) is 0.476. The molecule has 9 heteroatoms. The van der Waals surface area contributed by atoms with Crippen molar-refractivity contribution in [2.45, 2.75) is 0 Å². The summed E-state index contributed by atoms with van der Waals surface area (Å²) in [5.74, 6) is 0. The second-order valence-corrected chi connectivity index (χ2v) is 2.44. The molecule has 0 aromatic rings. The zero-order valence-electron chi connectivity index (χ0n) is 6.05. The maximum atomic E-state index is 9.18. The molecule has 0 heterocycles. The van der Waals surface area contributed by atoms with Gasteiger partial charge in [-0.2, -0.15) is 9.05 Å². The van der Waals surface area contributed by atoms with E-state index in [0.717, 1.165) is 14.2 Å². The molecule has 0 fully saturated rings. The summed E-state index contributed by atoms with van der Waals surface area (Å²) < 4.78 is 25.8. The van der Waals surface area contributed by atoms with Crippen LogP contribution in [0.1, 0.15) is 0 Å². The minimum Gasteiger partial charge on any atom is -0.566 e. The molecule has 0 rings (SSSR count). The van der Waals surface area contributed by atoms with E-state index in [4.69, 9.17) is 0 Å². The summed E-state index contributed by atoms with van der Waals surface area (Å²) in [7, 11) is -2.99. The molecule has 0 N–H and O–H groups in total. The average Bonchev–Trinajstić information content (AvgIpc) is 1.89. The Hall–Kier alpha value is 0.663. The third kappa shape index (κ3) is 36.8. The first-order valence-electron chi connectivity index (χ1n) is 1.91. The molecule has 0 aromatic heterocycles. The van der Waals surface area contributed by atoms with Crippen LogP contribution in [0.4, 0.5) is 0 Å². The van der Waals surface area contributed by atoms with Crippen LogP contribution in [0, 0.1) is 0 Å². The van der Waals surface area contributed by atoms with Crippen LogP contribution in [0.2, 0.25) is 0 Å². The SMILES string of the molecule is CO[P+](=O)[O-].CO[P+](=O)[O-].[Zn+2]. The molecule has 6 nitrogen and oxygen atoms in total. The van der Waals surface area contributed by atoms with Crippen LogP contribution >= 0.6 is 16.5 Å². The summed E-state index contributed by atoms with van der Waals surface area (Å²) in [6, 6.07) is 0. The molecular formula is C2H6O6P2Zn+2. The Morgan fingerprint density at radius 3 is 1.09 bits per heavy atom. The minimum absolute atomic E-state index is 0. The maximum Gasteiger partial charge on any atom is 2.00 e. The second-order valence-electron chi connectivity index (χ2n) is 0.812. The van der Waals surface area contributed by atoms with Crippen molar-refractivity contribution in [2.24, 2.45) is 0 Å². The predicted octanol–water partition coefficient (Wildman–Crippen LogP) is -0.702. The van der Waals surface area contributed by atoms with Crippen molar-refractivity contribution in [3.63, 3.8) is 0 Å². The summed E-state index contributed by atoms with van der Waals surface area (Å²) in [4.78, 5) is 18.4. The van der Waals surface area contributed by atoms with Gasteiger partial charge in [0, 0.05) is 0 Å². The summed E-state index contributed by atoms with van der Waals surface area (Å²) in [6.07, 6.45) is 0. The zero-order chi connectivity index (χ0) is 8.57. The first kappa shape index (κ1) is 17.7. The van der Waals surface area contributed by atoms with E-state index in [2.05, 4.69) is 9.05 Å². The van der Waals surface area contributed by atoms with Crippen LogP contribution in [0.5, 0.6) is 0 Å². The average molecular weight is 253 g/mol. The van der Waals surface area contributed by atoms with Crippen molar-refractivity contribution in [3.05, 3.63) is 0 Å². The van der Waals surface area contributed by atoms with Gasteiger partial charge in [-0.1, -0.05) is 0 Å². The van der Waals surface area contributed by atoms with E-state index in [-0.39, 0.29) is 19.5 Å². The van der Waals surface area contributed by atoms with Gasteiger partial charge in [-0.25, -0.2) is 0 Å². The monoisotopic (exact) mass is 252 g/mol. The van der Waals surface area contributed by atoms with Gasteiger partial charge in [-0.05, 0) is 9.13 Å². The zero-order valence-corrected chi connectivity index (χ0v) is 10.8. The smallest absolute Gasteiger partial charge is 0.566 e. The number of hydrogen-bond acceptors (Lipinski definition) is 6. The Balaban J connectivity index is -0.000000107. The van der Waals surface area contributed by atoms with E-state index in [1.165, 1.54) is 0 Å². The van der Waals surface area contributed by atoms with Gasteiger partial charge in [0.05, 0.1) is 14.2 Å². The molecule has 0 spiro atoms. The molecule has 0 saturated carbocycles. The summed E-state index contributed by atoms with van der Waals surface area (Å²) in [5.41, 5.74) is 0. The number of rotatable bonds is 2. The van der Waals surface area contributed by atoms with Gasteiger partial charge >= 0.3 is 36.0 Å². The van der Waals surface area contributed by atoms with Crippen LogP contribution in [0.25, 0.3) is 0 Å². The Labute approximate surface area is 78.6 Å². The topological polar surface area (TPSA) is 98.7 Å². The van der Waals surface area contributed by atoms with Crippen LogP contribution < -0.4 is 9.79 Å². The van der Waals surface area contributed by atoms with E-state index in [1.54, 1.807) is 0 Å². The van der Waals surface area contributed by atoms with E-state index >= 15 is 0 Å². The fourth-order valence-electron chi connectivity index (χ4n) is 0. The first-order chi connectivity index (χ1) is 4.54. The van der Waals surface area contributed by atoms with Crippen molar-refractivity contribution >= 4 is 16.5 Å². The molecule has 2 atom stereocenters. The van der Waals surface area contributed by atoms with Gasteiger partial charge in [0.1, 0.15) is 0 Å². The van der Waals surface area contributed by atoms with Crippen LogP contribution in [0.15, 0.2) is 0 Å². The standard InChI is InChI=1S/2CH3O3P.Zn/c2*1-4-5(2)3;/h2*1H3;/q;;+2. The predicted molar refractivity (Wildman–Crippen MR) is 29.2 cm³/mol. The second kappa shape index (κ2) is 13.3. The Bertz CT molecular complexity index is 103. The molecule has 0 saturated heterocycles. The molecular weight excluding hydrogens is 247 g/mol. The largest absolute Gasteiger partial charge is 2.00 e. The molecule has 2 unspecified atom stereocenters. The molecule has 0 aliphatic rings. The van der Waals surface area contributed by atoms with Gasteiger partial charge in [-0.15, -0.1) is 0 Å². The Morgan fingerprint density at radius 1 is 1.00 bits per heavy atom. The van der Waals surface area contributed by atoms with Crippen molar-refractivity contribution in [3.8, 4) is 0 Å². The van der Waals surface area contributed by atoms with Gasteiger partial charge in [0.25, 0.3) is 0 Å². The van der Waals surface area contributed by atoms with Crippen molar-refractivity contribution in [1.29, 1.82) is 0 Å². The molecule has 60 valence electrons. The van der Waals surface area contributed by atoms with Crippen molar-refractivity contribution in [2.75, 3.05) is 14.2 Å². The normalized spacial score (nSPS) is 10.2. The molecule has 0 aliphatic carbocycles. The van der Waals surface area contributed by atoms with Gasteiger partial charge in [0.2, 0.25) is 0 Å². The summed E-state index contributed by atoms with van der Waals surface area (Å²) >= 11 is 0. The van der Waals surface area contributed by atoms with Crippen molar-refractivity contribution in [1.82, 2.24) is 0 Å². The number of hydrogen-bond donors (Lipinski definition) is 0. The van der Waals surface area contributed by atoms with Crippen LogP contribution in [0.3, 0.4) is 0 Å². The van der Waals surface area contributed by atoms with E-state index in [0.29, 0.717) is 0 Å². The first-order valence-corrected chi connectivity index (χ1v) is 4.10. The molecule has 0 aromatic carbocycles. The Kier molecular flexibility index (Phi) is 21.3. The summed E-state index contributed by atoms with van der Waals surface area (Å²) in [6.45, 7) is 0. The van der Waals surface area contributed by atoms with Gasteiger partial charge < -0.3 is 9.79 Å². The van der Waals surface area contributed by atoms with E-state index < -0.39 is 16.5 Å². The minimum atomic E-state index is -2.60. The fraction of sp³-hybridized carbons (Fsp3) is 1.00. The van der Waals surface area contributed by atoms with E-state index in [9.17, 15) is 18.9 Å². The van der Waals surface area contributed by atoms with Gasteiger partial charge in [-0.3, -0.25) is 0 Å². The summed E-state index contributed by atoms with van der Waals surface area (Å²) in [5, 5.41) is 0. The maximum absolute atomic E-state index is 9.18. The Morgan fingerprint density at radius 2 is 1.09 bits per heavy atom. The fourth-order valence-corrected chi connectivity index (χ4v) is 0. The third-order valence-electron chi connectivity index (χ3n) is 0.298. The molecule has 11 heavy (non-hydrogen) atoms. The van der Waals surface area contributed by atoms with Crippen LogP contribution in [-0.2, 0) is 37.7 Å². The molecule has 0 aliphatic heterocycles. The van der Waals surface area contributed by atoms with E-state index in [1.807, 2.05) is 0 Å². The molecule has 0 amide bonds.